The third-order valence-corrected chi connectivity index (χ3v) is 6.69. The second kappa shape index (κ2) is 7.66. The molecule has 160 valence electrons. The Bertz CT molecular complexity index is 1130. The van der Waals surface area contributed by atoms with Crippen LogP contribution in [0.2, 0.25) is 0 Å². The van der Waals surface area contributed by atoms with Crippen molar-refractivity contribution in [1.82, 2.24) is 4.98 Å². The van der Waals surface area contributed by atoms with Crippen LogP contribution in [0.15, 0.2) is 41.5 Å². The number of thioether (sulfide) groups is 1. The van der Waals surface area contributed by atoms with E-state index in [1.807, 2.05) is 6.07 Å². The van der Waals surface area contributed by atoms with Crippen molar-refractivity contribution in [1.29, 1.82) is 5.26 Å². The predicted molar refractivity (Wildman–Crippen MR) is 109 cm³/mol. The highest BCUT2D eigenvalue weighted by molar-refractivity contribution is 8.15. The molecular formula is C21H16F4N4OS. The molecule has 1 aromatic carbocycles. The quantitative estimate of drug-likeness (QED) is 0.689. The van der Waals surface area contributed by atoms with Gasteiger partial charge >= 0.3 is 0 Å². The zero-order valence-electron chi connectivity index (χ0n) is 16.2. The average Bonchev–Trinajstić information content (AvgIpc) is 3.23. The summed E-state index contributed by atoms with van der Waals surface area (Å²) in [5.41, 5.74) is 6.18. The van der Waals surface area contributed by atoms with E-state index >= 15 is 0 Å². The van der Waals surface area contributed by atoms with Crippen molar-refractivity contribution in [2.24, 2.45) is 16.6 Å². The number of hydrogen-bond acceptors (Lipinski definition) is 6. The Morgan fingerprint density at radius 1 is 1.35 bits per heavy atom. The number of ether oxygens (including phenoxy) is 1. The van der Waals surface area contributed by atoms with E-state index in [1.165, 1.54) is 37.6 Å². The number of aromatic nitrogens is 1. The van der Waals surface area contributed by atoms with E-state index in [4.69, 9.17) is 15.7 Å². The van der Waals surface area contributed by atoms with Gasteiger partial charge in [0.05, 0.1) is 29.8 Å². The molecule has 0 spiro atoms. The lowest BCUT2D eigenvalue weighted by molar-refractivity contribution is 0.0701. The molecule has 1 aromatic heterocycles. The summed E-state index contributed by atoms with van der Waals surface area (Å²) in [6.07, 6.45) is 2.33. The van der Waals surface area contributed by atoms with Crippen LogP contribution in [-0.2, 0) is 4.74 Å². The number of hydrogen-bond donors (Lipinski definition) is 1. The lowest BCUT2D eigenvalue weighted by Crippen LogP contribution is -2.29. The molecule has 1 saturated carbocycles. The highest BCUT2D eigenvalue weighted by Crippen LogP contribution is 2.73. The molecular weight excluding hydrogens is 432 g/mol. The highest BCUT2D eigenvalue weighted by atomic mass is 32.2. The molecule has 2 unspecified atom stereocenters. The van der Waals surface area contributed by atoms with E-state index in [-0.39, 0.29) is 34.2 Å². The number of fused-ring (bicyclic) bond motifs is 1. The summed E-state index contributed by atoms with van der Waals surface area (Å²) in [6.45, 7) is -0.262. The molecule has 10 heteroatoms. The molecule has 4 rings (SSSR count). The number of nitrogens with two attached hydrogens (primary N) is 1. The number of methoxy groups -OCH3 is 1. The van der Waals surface area contributed by atoms with Crippen molar-refractivity contribution in [2.45, 2.75) is 16.7 Å². The van der Waals surface area contributed by atoms with Gasteiger partial charge in [-0.2, -0.15) is 5.26 Å². The Kier molecular flexibility index (Phi) is 5.27. The first-order chi connectivity index (χ1) is 14.7. The van der Waals surface area contributed by atoms with Crippen molar-refractivity contribution in [2.75, 3.05) is 13.7 Å². The van der Waals surface area contributed by atoms with Crippen LogP contribution in [0.5, 0.6) is 0 Å². The molecule has 1 fully saturated rings. The molecule has 2 aliphatic rings. The minimum Gasteiger partial charge on any atom is -0.383 e. The number of nitriles is 1. The Morgan fingerprint density at radius 2 is 2.13 bits per heavy atom. The second-order valence-corrected chi connectivity index (χ2v) is 8.61. The number of halogens is 4. The maximum Gasteiger partial charge on any atom is 0.272 e. The molecule has 0 saturated heterocycles. The Morgan fingerprint density at radius 3 is 2.77 bits per heavy atom. The van der Waals surface area contributed by atoms with Gasteiger partial charge < -0.3 is 10.5 Å². The van der Waals surface area contributed by atoms with Gasteiger partial charge in [-0.15, -0.1) is 0 Å². The largest absolute Gasteiger partial charge is 0.383 e. The number of pyridine rings is 1. The summed E-state index contributed by atoms with van der Waals surface area (Å²) in [5, 5.41) is 8.72. The standard InChI is InChI=1S/C21H16F4N4OS/c1-30-10-20-18(21(20,24)25)17(29-19(27)31-20)13-6-11(2-4-14(13)22)7-15(23)16-5-3-12(8-26)9-28-16/h2-7,9,17-18H,10H2,1H3,(H2,27,29)/b15-7-/t17?,18?,20-/m1/s1. The van der Waals surface area contributed by atoms with Crippen LogP contribution in [0.1, 0.15) is 28.4 Å². The van der Waals surface area contributed by atoms with Crippen molar-refractivity contribution >= 4 is 28.8 Å². The minimum atomic E-state index is -3.15. The molecule has 31 heavy (non-hydrogen) atoms. The van der Waals surface area contributed by atoms with E-state index in [2.05, 4.69) is 9.98 Å². The first-order valence-corrected chi connectivity index (χ1v) is 9.97. The SMILES string of the molecule is COC[C@@]12SC(N)=NC(c3cc(/C=C(\F)c4ccc(C#N)cn4)ccc3F)C1C2(F)F. The van der Waals surface area contributed by atoms with Crippen LogP contribution >= 0.6 is 11.8 Å². The van der Waals surface area contributed by atoms with Gasteiger partial charge in [0, 0.05) is 18.9 Å². The van der Waals surface area contributed by atoms with Crippen molar-refractivity contribution in [3.8, 4) is 6.07 Å². The van der Waals surface area contributed by atoms with E-state index in [1.54, 1.807) is 0 Å². The molecule has 0 radical (unpaired) electrons. The minimum absolute atomic E-state index is 0.0194. The fraction of sp³-hybridized carbons (Fsp3) is 0.286. The topological polar surface area (TPSA) is 84.3 Å². The molecule has 3 atom stereocenters. The Balaban J connectivity index is 1.70. The lowest BCUT2D eigenvalue weighted by atomic mass is 9.98. The predicted octanol–water partition coefficient (Wildman–Crippen LogP) is 4.31. The first-order valence-electron chi connectivity index (χ1n) is 9.15. The maximum absolute atomic E-state index is 14.7. The number of benzene rings is 1. The third kappa shape index (κ3) is 3.47. The van der Waals surface area contributed by atoms with Crippen molar-refractivity contribution in [3.63, 3.8) is 0 Å². The molecule has 1 aliphatic heterocycles. The summed E-state index contributed by atoms with van der Waals surface area (Å²) >= 11 is 0.741. The number of rotatable bonds is 5. The van der Waals surface area contributed by atoms with Gasteiger partial charge in [0.15, 0.2) is 5.17 Å². The van der Waals surface area contributed by atoms with Crippen LogP contribution in [0.25, 0.3) is 11.9 Å². The smallest absolute Gasteiger partial charge is 0.272 e. The molecule has 2 heterocycles. The monoisotopic (exact) mass is 448 g/mol. The van der Waals surface area contributed by atoms with Crippen molar-refractivity contribution < 1.29 is 22.3 Å². The van der Waals surface area contributed by atoms with Crippen LogP contribution in [0.3, 0.4) is 0 Å². The van der Waals surface area contributed by atoms with Gasteiger partial charge in [-0.05, 0) is 35.9 Å². The van der Waals surface area contributed by atoms with Gasteiger partial charge in [0.2, 0.25) is 0 Å². The van der Waals surface area contributed by atoms with E-state index < -0.39 is 34.3 Å². The summed E-state index contributed by atoms with van der Waals surface area (Å²) in [6, 6.07) is 7.08. The number of nitrogens with zero attached hydrogens (tertiary/aromatic N) is 3. The molecule has 0 bridgehead atoms. The molecule has 1 aliphatic carbocycles. The van der Waals surface area contributed by atoms with Crippen LogP contribution in [0.4, 0.5) is 17.6 Å². The summed E-state index contributed by atoms with van der Waals surface area (Å²) in [4.78, 5) is 7.94. The zero-order chi connectivity index (χ0) is 22.4. The molecule has 2 N–H and O–H groups in total. The van der Waals surface area contributed by atoms with Gasteiger partial charge in [-0.3, -0.25) is 9.98 Å². The van der Waals surface area contributed by atoms with Gasteiger partial charge in [-0.25, -0.2) is 17.6 Å². The van der Waals surface area contributed by atoms with Crippen molar-refractivity contribution in [3.05, 3.63) is 64.7 Å². The average molecular weight is 448 g/mol. The van der Waals surface area contributed by atoms with E-state index in [0.29, 0.717) is 0 Å². The molecule has 5 nitrogen and oxygen atoms in total. The van der Waals surface area contributed by atoms with Gasteiger partial charge in [0.25, 0.3) is 5.92 Å². The normalized spacial score (nSPS) is 26.6. The molecule has 2 aromatic rings. The van der Waals surface area contributed by atoms with Gasteiger partial charge in [0.1, 0.15) is 22.5 Å². The number of alkyl halides is 2. The van der Waals surface area contributed by atoms with E-state index in [9.17, 15) is 17.6 Å². The van der Waals surface area contributed by atoms with Gasteiger partial charge in [-0.1, -0.05) is 17.8 Å². The summed E-state index contributed by atoms with van der Waals surface area (Å²) < 4.78 is 62.0. The van der Waals surface area contributed by atoms with E-state index in [0.717, 1.165) is 23.9 Å². The fourth-order valence-electron chi connectivity index (χ4n) is 3.85. The summed E-state index contributed by atoms with van der Waals surface area (Å²) in [5.74, 6) is -5.92. The first kappa shape index (κ1) is 21.3. The highest BCUT2D eigenvalue weighted by Gasteiger charge is 2.85. The second-order valence-electron chi connectivity index (χ2n) is 7.25. The van der Waals surface area contributed by atoms with Crippen LogP contribution in [-0.4, -0.2) is 34.5 Å². The van der Waals surface area contributed by atoms with Crippen LogP contribution < -0.4 is 5.73 Å². The maximum atomic E-state index is 14.7. The lowest BCUT2D eigenvalue weighted by Gasteiger charge is -2.23. The number of amidine groups is 1. The van der Waals surface area contributed by atoms with Crippen LogP contribution in [0, 0.1) is 23.1 Å². The fourth-order valence-corrected chi connectivity index (χ4v) is 5.17. The number of aliphatic imine (C=N–C) groups is 1. The Labute approximate surface area is 179 Å². The zero-order valence-corrected chi connectivity index (χ0v) is 17.0. The Hall–Kier alpha value is -2.90. The molecule has 0 amide bonds. The summed E-state index contributed by atoms with van der Waals surface area (Å²) in [7, 11) is 1.31. The third-order valence-electron chi connectivity index (χ3n) is 5.37.